The van der Waals surface area contributed by atoms with Crippen LogP contribution in [0.4, 0.5) is 20.2 Å². The van der Waals surface area contributed by atoms with Crippen LogP contribution in [0.3, 0.4) is 0 Å². The van der Waals surface area contributed by atoms with Crippen molar-refractivity contribution < 1.29 is 18.3 Å². The molecule has 0 bridgehead atoms. The summed E-state index contributed by atoms with van der Waals surface area (Å²) in [5.74, 6) is -0.488. The van der Waals surface area contributed by atoms with E-state index in [1.165, 1.54) is 12.1 Å². The minimum atomic E-state index is -2.97. The van der Waals surface area contributed by atoms with E-state index in [1.54, 1.807) is 35.3 Å². The summed E-state index contributed by atoms with van der Waals surface area (Å²) >= 11 is 0. The molecule has 0 fully saturated rings. The number of rotatable bonds is 7. The van der Waals surface area contributed by atoms with Gasteiger partial charge in [-0.25, -0.2) is 4.68 Å². The number of para-hydroxylation sites is 4. The maximum absolute atomic E-state index is 12.4. The number of nitrogens with one attached hydrogen (secondary N) is 2. The van der Waals surface area contributed by atoms with Crippen LogP contribution in [0.15, 0.2) is 67.0 Å². The van der Waals surface area contributed by atoms with Gasteiger partial charge in [0.25, 0.3) is 0 Å². The number of hydrogen-bond donors (Lipinski definition) is 2. The highest BCUT2D eigenvalue weighted by molar-refractivity contribution is 5.95. The first-order valence-corrected chi connectivity index (χ1v) is 7.80. The highest BCUT2D eigenvalue weighted by Gasteiger charge is 2.12. The summed E-state index contributed by atoms with van der Waals surface area (Å²) in [4.78, 5) is 12.2. The van der Waals surface area contributed by atoms with Crippen LogP contribution in [-0.2, 0) is 4.79 Å². The SMILES string of the molecule is O=C(CNc1ccccc1-n1cccn1)Nc1ccccc1OC(F)F. The summed E-state index contributed by atoms with van der Waals surface area (Å²) < 4.78 is 30.9. The third kappa shape index (κ3) is 4.35. The van der Waals surface area contributed by atoms with Gasteiger partial charge in [-0.15, -0.1) is 0 Å². The van der Waals surface area contributed by atoms with Gasteiger partial charge in [0.05, 0.1) is 23.6 Å². The topological polar surface area (TPSA) is 68.2 Å². The highest BCUT2D eigenvalue weighted by atomic mass is 19.3. The van der Waals surface area contributed by atoms with Crippen molar-refractivity contribution in [1.29, 1.82) is 0 Å². The molecule has 2 N–H and O–H groups in total. The third-order valence-corrected chi connectivity index (χ3v) is 3.47. The smallest absolute Gasteiger partial charge is 0.387 e. The second-order valence-electron chi connectivity index (χ2n) is 5.24. The van der Waals surface area contributed by atoms with Gasteiger partial charge < -0.3 is 15.4 Å². The summed E-state index contributed by atoms with van der Waals surface area (Å²) in [5.41, 5.74) is 1.68. The standard InChI is InChI=1S/C18H16F2N4O2/c19-18(20)26-16-9-4-2-7-14(16)23-17(25)12-21-13-6-1-3-8-15(13)24-11-5-10-22-24/h1-11,18,21H,12H2,(H,23,25). The molecular weight excluding hydrogens is 342 g/mol. The maximum Gasteiger partial charge on any atom is 0.387 e. The molecule has 3 aromatic rings. The summed E-state index contributed by atoms with van der Waals surface area (Å²) in [6.07, 6.45) is 3.45. The lowest BCUT2D eigenvalue weighted by Crippen LogP contribution is -2.23. The average Bonchev–Trinajstić information content (AvgIpc) is 3.16. The Hall–Kier alpha value is -3.42. The Bertz CT molecular complexity index is 869. The number of ether oxygens (including phenoxy) is 1. The first kappa shape index (κ1) is 17.4. The normalized spacial score (nSPS) is 10.6. The van der Waals surface area contributed by atoms with E-state index >= 15 is 0 Å². The quantitative estimate of drug-likeness (QED) is 0.678. The van der Waals surface area contributed by atoms with Crippen LogP contribution in [0.2, 0.25) is 0 Å². The van der Waals surface area contributed by atoms with E-state index < -0.39 is 12.5 Å². The second-order valence-corrected chi connectivity index (χ2v) is 5.24. The molecular formula is C18H16F2N4O2. The zero-order valence-corrected chi connectivity index (χ0v) is 13.6. The zero-order valence-electron chi connectivity index (χ0n) is 13.6. The van der Waals surface area contributed by atoms with E-state index in [9.17, 15) is 13.6 Å². The minimum Gasteiger partial charge on any atom is -0.433 e. The van der Waals surface area contributed by atoms with E-state index in [4.69, 9.17) is 0 Å². The maximum atomic E-state index is 12.4. The van der Waals surface area contributed by atoms with Gasteiger partial charge in [0, 0.05) is 12.4 Å². The molecule has 1 amide bonds. The second kappa shape index (κ2) is 8.11. The van der Waals surface area contributed by atoms with Gasteiger partial charge in [0.2, 0.25) is 5.91 Å². The van der Waals surface area contributed by atoms with E-state index in [2.05, 4.69) is 20.5 Å². The highest BCUT2D eigenvalue weighted by Crippen LogP contribution is 2.25. The fraction of sp³-hybridized carbons (Fsp3) is 0.111. The predicted octanol–water partition coefficient (Wildman–Crippen LogP) is 3.52. The minimum absolute atomic E-state index is 0.0543. The predicted molar refractivity (Wildman–Crippen MR) is 93.8 cm³/mol. The number of aromatic nitrogens is 2. The van der Waals surface area contributed by atoms with Gasteiger partial charge in [0.15, 0.2) is 0 Å². The van der Waals surface area contributed by atoms with Crippen molar-refractivity contribution in [3.05, 3.63) is 67.0 Å². The van der Waals surface area contributed by atoms with Crippen LogP contribution in [-0.4, -0.2) is 28.8 Å². The number of hydrogen-bond acceptors (Lipinski definition) is 4. The first-order valence-electron chi connectivity index (χ1n) is 7.80. The van der Waals surface area contributed by atoms with Crippen molar-refractivity contribution in [2.75, 3.05) is 17.2 Å². The molecule has 0 atom stereocenters. The van der Waals surface area contributed by atoms with Crippen molar-refractivity contribution in [2.24, 2.45) is 0 Å². The Morgan fingerprint density at radius 2 is 1.81 bits per heavy atom. The van der Waals surface area contributed by atoms with Crippen LogP contribution in [0.1, 0.15) is 0 Å². The van der Waals surface area contributed by atoms with E-state index in [0.717, 1.165) is 5.69 Å². The molecule has 3 rings (SSSR count). The molecule has 0 aliphatic rings. The van der Waals surface area contributed by atoms with Gasteiger partial charge in [0.1, 0.15) is 5.75 Å². The molecule has 0 spiro atoms. The summed E-state index contributed by atoms with van der Waals surface area (Å²) in [5, 5.41) is 9.75. The largest absolute Gasteiger partial charge is 0.433 e. The van der Waals surface area contributed by atoms with Crippen molar-refractivity contribution in [1.82, 2.24) is 9.78 Å². The first-order chi connectivity index (χ1) is 12.6. The van der Waals surface area contributed by atoms with Crippen LogP contribution in [0.5, 0.6) is 5.75 Å². The Labute approximate surface area is 148 Å². The molecule has 134 valence electrons. The number of carbonyl (C=O) groups is 1. The number of halogens is 2. The van der Waals surface area contributed by atoms with Crippen molar-refractivity contribution in [3.63, 3.8) is 0 Å². The molecule has 2 aromatic carbocycles. The average molecular weight is 358 g/mol. The molecule has 1 aromatic heterocycles. The van der Waals surface area contributed by atoms with Gasteiger partial charge in [-0.1, -0.05) is 24.3 Å². The van der Waals surface area contributed by atoms with Crippen LogP contribution in [0.25, 0.3) is 5.69 Å². The van der Waals surface area contributed by atoms with Crippen molar-refractivity contribution in [2.45, 2.75) is 6.61 Å². The number of alkyl halides is 2. The summed E-state index contributed by atoms with van der Waals surface area (Å²) in [7, 11) is 0. The molecule has 1 heterocycles. The summed E-state index contributed by atoms with van der Waals surface area (Å²) in [6.45, 7) is -3.02. The molecule has 0 aliphatic carbocycles. The van der Waals surface area contributed by atoms with Gasteiger partial charge in [-0.05, 0) is 30.3 Å². The Morgan fingerprint density at radius 1 is 1.08 bits per heavy atom. The van der Waals surface area contributed by atoms with Crippen molar-refractivity contribution in [3.8, 4) is 11.4 Å². The summed E-state index contributed by atoms with van der Waals surface area (Å²) in [6, 6.07) is 15.2. The molecule has 0 aliphatic heterocycles. The van der Waals surface area contributed by atoms with E-state index in [0.29, 0.717) is 5.69 Å². The number of benzene rings is 2. The fourth-order valence-corrected chi connectivity index (χ4v) is 2.37. The number of amides is 1. The van der Waals surface area contributed by atoms with Crippen LogP contribution >= 0.6 is 0 Å². The molecule has 0 saturated carbocycles. The molecule has 0 unspecified atom stereocenters. The molecule has 6 nitrogen and oxygen atoms in total. The van der Waals surface area contributed by atoms with Gasteiger partial charge in [-0.3, -0.25) is 4.79 Å². The molecule has 26 heavy (non-hydrogen) atoms. The monoisotopic (exact) mass is 358 g/mol. The molecule has 0 saturated heterocycles. The lowest BCUT2D eigenvalue weighted by atomic mass is 10.2. The molecule has 8 heteroatoms. The lowest BCUT2D eigenvalue weighted by molar-refractivity contribution is -0.114. The molecule has 0 radical (unpaired) electrons. The Balaban J connectivity index is 1.66. The zero-order chi connectivity index (χ0) is 18.4. The number of carbonyl (C=O) groups excluding carboxylic acids is 1. The number of nitrogens with zero attached hydrogens (tertiary/aromatic N) is 2. The fourth-order valence-electron chi connectivity index (χ4n) is 2.37. The Morgan fingerprint density at radius 3 is 2.54 bits per heavy atom. The van der Waals surface area contributed by atoms with E-state index in [-0.39, 0.29) is 18.0 Å². The van der Waals surface area contributed by atoms with Crippen molar-refractivity contribution >= 4 is 17.3 Å². The number of anilines is 2. The van der Waals surface area contributed by atoms with Crippen LogP contribution < -0.4 is 15.4 Å². The third-order valence-electron chi connectivity index (χ3n) is 3.47. The lowest BCUT2D eigenvalue weighted by Gasteiger charge is -2.14. The van der Waals surface area contributed by atoms with Gasteiger partial charge in [-0.2, -0.15) is 13.9 Å². The Kier molecular flexibility index (Phi) is 5.43. The van der Waals surface area contributed by atoms with Crippen LogP contribution in [0, 0.1) is 0 Å². The van der Waals surface area contributed by atoms with Gasteiger partial charge >= 0.3 is 6.61 Å². The van der Waals surface area contributed by atoms with E-state index in [1.807, 2.05) is 24.3 Å².